The number of pyridine rings is 1. The molecule has 0 saturated carbocycles. The Hall–Kier alpha value is -4.27. The molecule has 2 aromatic heterocycles. The predicted molar refractivity (Wildman–Crippen MR) is 124 cm³/mol. The Morgan fingerprint density at radius 1 is 1.03 bits per heavy atom. The number of nitrogens with zero attached hydrogens (tertiary/aromatic N) is 4. The van der Waals surface area contributed by atoms with Gasteiger partial charge in [0.2, 0.25) is 0 Å². The number of hydrogen-bond donors (Lipinski definition) is 1. The van der Waals surface area contributed by atoms with E-state index in [0.29, 0.717) is 22.9 Å². The van der Waals surface area contributed by atoms with E-state index >= 15 is 0 Å². The molecule has 9 heteroatoms. The molecule has 34 heavy (non-hydrogen) atoms. The number of carbonyl (C=O) groups is 2. The largest absolute Gasteiger partial charge is 0.503 e. The van der Waals surface area contributed by atoms with Gasteiger partial charge in [0.1, 0.15) is 17.5 Å². The molecule has 0 bridgehead atoms. The van der Waals surface area contributed by atoms with E-state index in [2.05, 4.69) is 15.2 Å². The van der Waals surface area contributed by atoms with Crippen LogP contribution in [0.2, 0.25) is 0 Å². The van der Waals surface area contributed by atoms with Crippen LogP contribution in [-0.4, -0.2) is 45.2 Å². The third-order valence-electron chi connectivity index (χ3n) is 5.25. The van der Waals surface area contributed by atoms with Crippen LogP contribution >= 0.6 is 0 Å². The molecule has 1 atom stereocenters. The molecule has 1 N–H and O–H groups in total. The molecule has 0 radical (unpaired) electrons. The summed E-state index contributed by atoms with van der Waals surface area (Å²) in [7, 11) is 1.52. The van der Waals surface area contributed by atoms with Crippen LogP contribution in [0.3, 0.4) is 0 Å². The van der Waals surface area contributed by atoms with Crippen molar-refractivity contribution in [3.8, 4) is 11.5 Å². The lowest BCUT2D eigenvalue weighted by Crippen LogP contribution is -2.32. The van der Waals surface area contributed by atoms with Crippen molar-refractivity contribution in [2.75, 3.05) is 12.0 Å². The van der Waals surface area contributed by atoms with E-state index in [-0.39, 0.29) is 23.1 Å². The van der Waals surface area contributed by atoms with Crippen molar-refractivity contribution in [1.82, 2.24) is 15.2 Å². The highest BCUT2D eigenvalue weighted by atomic mass is 16.5. The molecular weight excluding hydrogens is 436 g/mol. The Labute approximate surface area is 196 Å². The molecule has 0 fully saturated rings. The Bertz CT molecular complexity index is 1240. The monoisotopic (exact) mass is 460 g/mol. The average Bonchev–Trinajstić information content (AvgIpc) is 3.10. The van der Waals surface area contributed by atoms with Gasteiger partial charge in [0.05, 0.1) is 36.4 Å². The second-order valence-corrected chi connectivity index (χ2v) is 8.02. The summed E-state index contributed by atoms with van der Waals surface area (Å²) in [5.74, 6) is -0.616. The molecule has 1 amide bonds. The minimum absolute atomic E-state index is 0.0452. The molecule has 0 aliphatic carbocycles. The van der Waals surface area contributed by atoms with Crippen molar-refractivity contribution < 1.29 is 24.2 Å². The second kappa shape index (κ2) is 9.30. The minimum atomic E-state index is -1.01. The molecule has 1 unspecified atom stereocenters. The molecule has 9 nitrogen and oxygen atoms in total. The number of aryl methyl sites for hydroxylation is 1. The van der Waals surface area contributed by atoms with E-state index in [1.807, 2.05) is 13.8 Å². The van der Waals surface area contributed by atoms with Crippen molar-refractivity contribution in [1.29, 1.82) is 0 Å². The number of rotatable bonds is 7. The minimum Gasteiger partial charge on any atom is -0.503 e. The maximum Gasteiger partial charge on any atom is 0.295 e. The third-order valence-corrected chi connectivity index (χ3v) is 5.25. The zero-order valence-electron chi connectivity index (χ0n) is 19.2. The first-order chi connectivity index (χ1) is 16.3. The molecule has 3 heterocycles. The van der Waals surface area contributed by atoms with Crippen molar-refractivity contribution in [2.24, 2.45) is 0 Å². The fraction of sp³-hybridized carbons (Fsp3) is 0.240. The van der Waals surface area contributed by atoms with Gasteiger partial charge in [0.25, 0.3) is 5.91 Å². The summed E-state index contributed by atoms with van der Waals surface area (Å²) in [6.07, 6.45) is 1.47. The van der Waals surface area contributed by atoms with Gasteiger partial charge >= 0.3 is 0 Å². The molecular formula is C25H24N4O5. The number of aromatic nitrogens is 3. The summed E-state index contributed by atoms with van der Waals surface area (Å²) in [5, 5.41) is 18.9. The molecule has 0 saturated heterocycles. The number of carbonyl (C=O) groups excluding carboxylic acids is 2. The molecule has 3 aromatic rings. The summed E-state index contributed by atoms with van der Waals surface area (Å²) in [6, 6.07) is 12.1. The van der Waals surface area contributed by atoms with E-state index in [9.17, 15) is 14.7 Å². The standard InChI is InChI=1S/C25H24N4O5/c1-14(2)34-18-10-11-19(26-13-18)22-21(23(30)16-6-8-17(33-4)9-7-16)24(31)25(32)29(22)20-12-5-15(3)27-28-20/h5-14,22,31H,1-4H3. The van der Waals surface area contributed by atoms with Crippen LogP contribution in [0, 0.1) is 6.92 Å². The van der Waals surface area contributed by atoms with Crippen molar-refractivity contribution >= 4 is 17.5 Å². The van der Waals surface area contributed by atoms with Crippen molar-refractivity contribution in [3.63, 3.8) is 0 Å². The van der Waals surface area contributed by atoms with Crippen LogP contribution in [0.5, 0.6) is 11.5 Å². The molecule has 1 aromatic carbocycles. The summed E-state index contributed by atoms with van der Waals surface area (Å²) in [6.45, 7) is 5.56. The second-order valence-electron chi connectivity index (χ2n) is 8.02. The van der Waals surface area contributed by atoms with Crippen LogP contribution in [0.1, 0.15) is 41.6 Å². The Morgan fingerprint density at radius 2 is 1.74 bits per heavy atom. The van der Waals surface area contributed by atoms with Gasteiger partial charge in [-0.15, -0.1) is 5.10 Å². The molecule has 1 aliphatic heterocycles. The fourth-order valence-electron chi connectivity index (χ4n) is 3.67. The number of aliphatic hydroxyl groups is 1. The van der Waals surface area contributed by atoms with Crippen LogP contribution in [0.15, 0.2) is 66.1 Å². The highest BCUT2D eigenvalue weighted by Gasteiger charge is 2.46. The van der Waals surface area contributed by atoms with Gasteiger partial charge in [0.15, 0.2) is 17.4 Å². The molecule has 4 rings (SSSR count). The number of anilines is 1. The number of aliphatic hydroxyl groups excluding tert-OH is 1. The summed E-state index contributed by atoms with van der Waals surface area (Å²) < 4.78 is 10.8. The van der Waals surface area contributed by atoms with E-state index < -0.39 is 23.5 Å². The van der Waals surface area contributed by atoms with Crippen LogP contribution in [0.25, 0.3) is 0 Å². The average molecular weight is 460 g/mol. The van der Waals surface area contributed by atoms with Crippen LogP contribution in [-0.2, 0) is 4.79 Å². The molecule has 174 valence electrons. The fourth-order valence-corrected chi connectivity index (χ4v) is 3.67. The van der Waals surface area contributed by atoms with Crippen molar-refractivity contribution in [2.45, 2.75) is 32.9 Å². The van der Waals surface area contributed by atoms with Gasteiger partial charge in [0, 0.05) is 5.56 Å². The van der Waals surface area contributed by atoms with Gasteiger partial charge in [-0.1, -0.05) is 0 Å². The SMILES string of the molecule is COc1ccc(C(=O)C2=C(O)C(=O)N(c3ccc(C)nn3)C2c2ccc(OC(C)C)cn2)cc1. The first kappa shape index (κ1) is 22.9. The lowest BCUT2D eigenvalue weighted by molar-refractivity contribution is -0.117. The maximum atomic E-state index is 13.5. The van der Waals surface area contributed by atoms with Gasteiger partial charge in [-0.25, -0.2) is 0 Å². The van der Waals surface area contributed by atoms with Gasteiger partial charge in [-0.3, -0.25) is 19.5 Å². The van der Waals surface area contributed by atoms with E-state index in [4.69, 9.17) is 9.47 Å². The highest BCUT2D eigenvalue weighted by molar-refractivity contribution is 6.20. The van der Waals surface area contributed by atoms with E-state index in [0.717, 1.165) is 0 Å². The first-order valence-electron chi connectivity index (χ1n) is 10.7. The third kappa shape index (κ3) is 4.32. The Kier molecular flexibility index (Phi) is 6.27. The maximum absolute atomic E-state index is 13.5. The van der Waals surface area contributed by atoms with E-state index in [1.54, 1.807) is 55.5 Å². The summed E-state index contributed by atoms with van der Waals surface area (Å²) >= 11 is 0. The van der Waals surface area contributed by atoms with Gasteiger partial charge < -0.3 is 14.6 Å². The Morgan fingerprint density at radius 3 is 2.29 bits per heavy atom. The zero-order chi connectivity index (χ0) is 24.4. The topological polar surface area (TPSA) is 115 Å². The van der Waals surface area contributed by atoms with Gasteiger partial charge in [-0.05, 0) is 69.3 Å². The van der Waals surface area contributed by atoms with E-state index in [1.165, 1.54) is 18.2 Å². The zero-order valence-corrected chi connectivity index (χ0v) is 19.2. The summed E-state index contributed by atoms with van der Waals surface area (Å²) in [4.78, 5) is 32.3. The van der Waals surface area contributed by atoms with Crippen LogP contribution in [0.4, 0.5) is 5.82 Å². The smallest absolute Gasteiger partial charge is 0.295 e. The number of benzene rings is 1. The quantitative estimate of drug-likeness (QED) is 0.530. The lowest BCUT2D eigenvalue weighted by atomic mass is 9.95. The number of amides is 1. The normalized spacial score (nSPS) is 15.7. The number of methoxy groups -OCH3 is 1. The number of ether oxygens (including phenoxy) is 2. The Balaban J connectivity index is 1.81. The summed E-state index contributed by atoms with van der Waals surface area (Å²) in [5.41, 5.74) is 1.22. The highest BCUT2D eigenvalue weighted by Crippen LogP contribution is 2.40. The number of Topliss-reactive ketones (excluding diaryl/α,β-unsaturated/α-hetero) is 1. The number of hydrogen-bond acceptors (Lipinski definition) is 8. The first-order valence-corrected chi connectivity index (χ1v) is 10.7. The van der Waals surface area contributed by atoms with Crippen LogP contribution < -0.4 is 14.4 Å². The molecule has 1 aliphatic rings. The molecule has 0 spiro atoms. The predicted octanol–water partition coefficient (Wildman–Crippen LogP) is 3.76. The van der Waals surface area contributed by atoms with Gasteiger partial charge in [-0.2, -0.15) is 5.10 Å². The lowest BCUT2D eigenvalue weighted by Gasteiger charge is -2.25. The van der Waals surface area contributed by atoms with Crippen molar-refractivity contribution in [3.05, 3.63) is 83.0 Å². The number of ketones is 1.